The van der Waals surface area contributed by atoms with Gasteiger partial charge in [-0.15, -0.1) is 0 Å². The quantitative estimate of drug-likeness (QED) is 0.517. The van der Waals surface area contributed by atoms with Crippen LogP contribution in [-0.4, -0.2) is 10.1 Å². The summed E-state index contributed by atoms with van der Waals surface area (Å²) in [5, 5.41) is 3.34. The summed E-state index contributed by atoms with van der Waals surface area (Å²) >= 11 is 0. The third-order valence-corrected chi connectivity index (χ3v) is 0.805. The molecule has 0 aromatic carbocycles. The van der Waals surface area contributed by atoms with E-state index in [0.717, 1.165) is 0 Å². The van der Waals surface area contributed by atoms with Crippen LogP contribution in [0.3, 0.4) is 0 Å². The Bertz CT molecular complexity index is 164. The molecule has 1 heterocycles. The van der Waals surface area contributed by atoms with E-state index < -0.39 is 0 Å². The van der Waals surface area contributed by atoms with Crippen LogP contribution < -0.4 is 0 Å². The topological polar surface area (TPSA) is 38.9 Å². The van der Waals surface area contributed by atoms with Crippen molar-refractivity contribution < 1.29 is 4.52 Å². The predicted molar refractivity (Wildman–Crippen MR) is 39.5 cm³/mol. The van der Waals surface area contributed by atoms with Crippen LogP contribution in [0, 0.1) is 6.92 Å². The molecule has 0 unspecified atom stereocenters. The van der Waals surface area contributed by atoms with Gasteiger partial charge in [0.25, 0.3) is 0 Å². The second-order valence-electron chi connectivity index (χ2n) is 1.63. The van der Waals surface area contributed by atoms with Gasteiger partial charge in [0.15, 0.2) is 6.33 Å². The Hall–Kier alpha value is -1.12. The van der Waals surface area contributed by atoms with Gasteiger partial charge in [0, 0.05) is 6.92 Å². The van der Waals surface area contributed by atoms with Crippen molar-refractivity contribution in [2.45, 2.75) is 20.8 Å². The number of aryl methyl sites for hydroxylation is 1. The molecule has 0 spiro atoms. The highest BCUT2D eigenvalue weighted by molar-refractivity contribution is 4.68. The number of aromatic nitrogens is 2. The minimum atomic E-state index is 0.606. The lowest BCUT2D eigenvalue weighted by molar-refractivity contribution is 0.392. The molecule has 56 valence electrons. The number of rotatable bonds is 0. The smallest absolute Gasteiger partial charge is 0.223 e. The fourth-order valence-electron chi connectivity index (χ4n) is 0.228. The van der Waals surface area contributed by atoms with Crippen LogP contribution in [0.4, 0.5) is 0 Å². The van der Waals surface area contributed by atoms with Crippen LogP contribution in [0.1, 0.15) is 19.7 Å². The van der Waals surface area contributed by atoms with Crippen molar-refractivity contribution in [1.82, 2.24) is 10.1 Å². The van der Waals surface area contributed by atoms with Gasteiger partial charge < -0.3 is 4.52 Å². The first kappa shape index (κ1) is 8.88. The van der Waals surface area contributed by atoms with Crippen LogP contribution in [0.2, 0.25) is 0 Å². The summed E-state index contributed by atoms with van der Waals surface area (Å²) in [4.78, 5) is 3.64. The molecule has 0 aliphatic carbocycles. The van der Waals surface area contributed by atoms with Gasteiger partial charge >= 0.3 is 0 Å². The molecule has 0 fully saturated rings. The molecule has 10 heavy (non-hydrogen) atoms. The lowest BCUT2D eigenvalue weighted by Crippen LogP contribution is -1.59. The van der Waals surface area contributed by atoms with Crippen molar-refractivity contribution in [3.63, 3.8) is 0 Å². The van der Waals surface area contributed by atoms with Crippen molar-refractivity contribution >= 4 is 0 Å². The first-order chi connectivity index (χ1) is 4.81. The molecule has 3 nitrogen and oxygen atoms in total. The molecule has 0 atom stereocenters. The highest BCUT2D eigenvalue weighted by atomic mass is 16.5. The van der Waals surface area contributed by atoms with Crippen molar-refractivity contribution in [2.75, 3.05) is 0 Å². The van der Waals surface area contributed by atoms with Gasteiger partial charge in [-0.1, -0.05) is 17.3 Å². The number of allylic oxidation sites excluding steroid dienone is 2. The molecule has 0 amide bonds. The van der Waals surface area contributed by atoms with Crippen LogP contribution in [0.5, 0.6) is 0 Å². The first-order valence-electron chi connectivity index (χ1n) is 3.11. The van der Waals surface area contributed by atoms with Gasteiger partial charge in [0.05, 0.1) is 0 Å². The maximum absolute atomic E-state index is 4.47. The maximum Gasteiger partial charge on any atom is 0.223 e. The summed E-state index contributed by atoms with van der Waals surface area (Å²) in [6.07, 6.45) is 5.37. The standard InChI is InChI=1S/C4H8.C3H4N2O/c1-3-4-2;1-3-4-2-5-6-3/h3-4H,1-2H3;2H,1H3/b4-3+;. The van der Waals surface area contributed by atoms with Crippen LogP contribution >= 0.6 is 0 Å². The molecular formula is C7H12N2O. The molecule has 1 aromatic heterocycles. The lowest BCUT2D eigenvalue weighted by Gasteiger charge is -1.63. The third-order valence-electron chi connectivity index (χ3n) is 0.805. The van der Waals surface area contributed by atoms with E-state index in [-0.39, 0.29) is 0 Å². The molecule has 0 N–H and O–H groups in total. The zero-order valence-corrected chi connectivity index (χ0v) is 6.53. The zero-order valence-electron chi connectivity index (χ0n) is 6.53. The Labute approximate surface area is 60.8 Å². The van der Waals surface area contributed by atoms with E-state index in [4.69, 9.17) is 0 Å². The Morgan fingerprint density at radius 2 is 2.00 bits per heavy atom. The monoisotopic (exact) mass is 140 g/mol. The first-order valence-corrected chi connectivity index (χ1v) is 3.11. The highest BCUT2D eigenvalue weighted by Crippen LogP contribution is 1.81. The van der Waals surface area contributed by atoms with Crippen LogP contribution in [-0.2, 0) is 0 Å². The Balaban J connectivity index is 0.000000180. The lowest BCUT2D eigenvalue weighted by atomic mass is 10.6. The minimum absolute atomic E-state index is 0.606. The van der Waals surface area contributed by atoms with Gasteiger partial charge in [-0.2, -0.15) is 4.98 Å². The Kier molecular flexibility index (Phi) is 5.33. The summed E-state index contributed by atoms with van der Waals surface area (Å²) < 4.78 is 4.47. The van der Waals surface area contributed by atoms with E-state index in [9.17, 15) is 0 Å². The average Bonchev–Trinajstić information content (AvgIpc) is 2.40. The second-order valence-corrected chi connectivity index (χ2v) is 1.63. The molecule has 0 saturated carbocycles. The van der Waals surface area contributed by atoms with Gasteiger partial charge in [0.1, 0.15) is 0 Å². The van der Waals surface area contributed by atoms with Gasteiger partial charge in [-0.05, 0) is 13.8 Å². The zero-order chi connectivity index (χ0) is 7.82. The molecular weight excluding hydrogens is 128 g/mol. The summed E-state index contributed by atoms with van der Waals surface area (Å²) in [5.74, 6) is 0.606. The van der Waals surface area contributed by atoms with E-state index in [1.165, 1.54) is 6.33 Å². The normalized spacial score (nSPS) is 9.10. The molecule has 0 bridgehead atoms. The van der Waals surface area contributed by atoms with Gasteiger partial charge in [0.2, 0.25) is 5.89 Å². The SMILES string of the molecule is C/C=C/C.Cc1ncno1. The minimum Gasteiger partial charge on any atom is -0.340 e. The van der Waals surface area contributed by atoms with E-state index in [1.54, 1.807) is 6.92 Å². The van der Waals surface area contributed by atoms with E-state index in [1.807, 2.05) is 26.0 Å². The molecule has 0 aliphatic heterocycles. The summed E-state index contributed by atoms with van der Waals surface area (Å²) in [6.45, 7) is 5.74. The molecule has 0 saturated heterocycles. The second kappa shape index (κ2) is 6.01. The Morgan fingerprint density at radius 1 is 1.40 bits per heavy atom. The summed E-state index contributed by atoms with van der Waals surface area (Å²) in [7, 11) is 0. The number of hydrogen-bond donors (Lipinski definition) is 0. The fourth-order valence-corrected chi connectivity index (χ4v) is 0.228. The molecule has 1 aromatic rings. The van der Waals surface area contributed by atoms with Gasteiger partial charge in [-0.3, -0.25) is 0 Å². The third kappa shape index (κ3) is 5.03. The van der Waals surface area contributed by atoms with Crippen molar-refractivity contribution in [3.05, 3.63) is 24.4 Å². The van der Waals surface area contributed by atoms with Crippen molar-refractivity contribution in [3.8, 4) is 0 Å². The van der Waals surface area contributed by atoms with E-state index >= 15 is 0 Å². The molecule has 3 heteroatoms. The fraction of sp³-hybridized carbons (Fsp3) is 0.429. The van der Waals surface area contributed by atoms with Gasteiger partial charge in [-0.25, -0.2) is 0 Å². The number of nitrogens with zero attached hydrogens (tertiary/aromatic N) is 2. The van der Waals surface area contributed by atoms with Crippen LogP contribution in [0.25, 0.3) is 0 Å². The van der Waals surface area contributed by atoms with Crippen LogP contribution in [0.15, 0.2) is 23.0 Å². The van der Waals surface area contributed by atoms with E-state index in [0.29, 0.717) is 5.89 Å². The van der Waals surface area contributed by atoms with E-state index in [2.05, 4.69) is 14.7 Å². The largest absolute Gasteiger partial charge is 0.340 e. The maximum atomic E-state index is 4.47. The molecule has 0 aliphatic rings. The molecule has 0 radical (unpaired) electrons. The number of hydrogen-bond acceptors (Lipinski definition) is 3. The molecule has 1 rings (SSSR count). The predicted octanol–water partition coefficient (Wildman–Crippen LogP) is 1.96. The Morgan fingerprint density at radius 3 is 2.10 bits per heavy atom. The summed E-state index contributed by atoms with van der Waals surface area (Å²) in [6, 6.07) is 0. The van der Waals surface area contributed by atoms with Crippen molar-refractivity contribution in [1.29, 1.82) is 0 Å². The summed E-state index contributed by atoms with van der Waals surface area (Å²) in [5.41, 5.74) is 0. The highest BCUT2D eigenvalue weighted by Gasteiger charge is 1.79. The average molecular weight is 140 g/mol. The van der Waals surface area contributed by atoms with Crippen molar-refractivity contribution in [2.24, 2.45) is 0 Å².